The van der Waals surface area contributed by atoms with Gasteiger partial charge in [0.05, 0.1) is 6.04 Å². The summed E-state index contributed by atoms with van der Waals surface area (Å²) in [5.41, 5.74) is 3.35. The van der Waals surface area contributed by atoms with Crippen LogP contribution >= 0.6 is 0 Å². The summed E-state index contributed by atoms with van der Waals surface area (Å²) in [6, 6.07) is 14.8. The van der Waals surface area contributed by atoms with Gasteiger partial charge in [-0.3, -0.25) is 4.79 Å². The van der Waals surface area contributed by atoms with Crippen LogP contribution in [0.4, 0.5) is 10.1 Å². The molecule has 3 rings (SSSR count). The summed E-state index contributed by atoms with van der Waals surface area (Å²) in [7, 11) is 0. The number of aryl methyl sites for hydroxylation is 1. The highest BCUT2D eigenvalue weighted by Crippen LogP contribution is 2.24. The largest absolute Gasteiger partial charge is 0.371 e. The number of rotatable bonds is 6. The minimum absolute atomic E-state index is 0.0146. The number of halogens is 1. The van der Waals surface area contributed by atoms with E-state index in [1.54, 1.807) is 12.1 Å². The number of hydrogen-bond donors (Lipinski definition) is 1. The summed E-state index contributed by atoms with van der Waals surface area (Å²) < 4.78 is 12.9. The summed E-state index contributed by atoms with van der Waals surface area (Å²) in [5.74, 6) is 0.512. The third-order valence-electron chi connectivity index (χ3n) is 5.35. The van der Waals surface area contributed by atoms with Crippen LogP contribution in [0, 0.1) is 11.7 Å². The van der Waals surface area contributed by atoms with Crippen molar-refractivity contribution >= 4 is 11.6 Å². The van der Waals surface area contributed by atoms with Crippen LogP contribution in [0.5, 0.6) is 0 Å². The molecule has 0 unspecified atom stereocenters. The molecule has 2 aromatic rings. The van der Waals surface area contributed by atoms with E-state index in [9.17, 15) is 9.18 Å². The lowest BCUT2D eigenvalue weighted by atomic mass is 9.99. The van der Waals surface area contributed by atoms with Gasteiger partial charge >= 0.3 is 0 Å². The Balaban J connectivity index is 1.50. The molecular formula is C23H29FN2O. The molecule has 0 saturated carbocycles. The number of hydrogen-bond acceptors (Lipinski definition) is 2. The van der Waals surface area contributed by atoms with Crippen molar-refractivity contribution in [3.8, 4) is 0 Å². The highest BCUT2D eigenvalue weighted by atomic mass is 19.1. The van der Waals surface area contributed by atoms with Gasteiger partial charge in [-0.1, -0.05) is 31.2 Å². The SMILES string of the molecule is C[C@@H]1CCCN(c2ccc([C@@H](C)NC(=O)CCc3ccc(F)cc3)cc2)C1. The van der Waals surface area contributed by atoms with Crippen molar-refractivity contribution in [1.29, 1.82) is 0 Å². The highest BCUT2D eigenvalue weighted by Gasteiger charge is 2.17. The van der Waals surface area contributed by atoms with Crippen molar-refractivity contribution in [1.82, 2.24) is 5.32 Å². The van der Waals surface area contributed by atoms with Crippen LogP contribution in [-0.4, -0.2) is 19.0 Å². The fourth-order valence-electron chi connectivity index (χ4n) is 3.70. The average molecular weight is 368 g/mol. The van der Waals surface area contributed by atoms with Crippen molar-refractivity contribution in [2.75, 3.05) is 18.0 Å². The molecule has 1 fully saturated rings. The predicted octanol–water partition coefficient (Wildman–Crippen LogP) is 4.87. The zero-order valence-corrected chi connectivity index (χ0v) is 16.2. The van der Waals surface area contributed by atoms with Crippen molar-refractivity contribution in [2.24, 2.45) is 5.92 Å². The molecule has 4 heteroatoms. The molecule has 0 aliphatic carbocycles. The van der Waals surface area contributed by atoms with Crippen LogP contribution in [0.25, 0.3) is 0 Å². The molecule has 1 aliphatic heterocycles. The van der Waals surface area contributed by atoms with E-state index in [2.05, 4.69) is 41.4 Å². The third-order valence-corrected chi connectivity index (χ3v) is 5.35. The first-order valence-electron chi connectivity index (χ1n) is 9.90. The Morgan fingerprint density at radius 3 is 2.56 bits per heavy atom. The molecule has 1 heterocycles. The Hall–Kier alpha value is -2.36. The maximum atomic E-state index is 12.9. The molecule has 0 spiro atoms. The van der Waals surface area contributed by atoms with Crippen LogP contribution in [-0.2, 0) is 11.2 Å². The van der Waals surface area contributed by atoms with Gasteiger partial charge in [0.1, 0.15) is 5.82 Å². The maximum Gasteiger partial charge on any atom is 0.220 e. The molecule has 3 nitrogen and oxygen atoms in total. The molecule has 0 radical (unpaired) electrons. The van der Waals surface area contributed by atoms with E-state index in [4.69, 9.17) is 0 Å². The van der Waals surface area contributed by atoms with Gasteiger partial charge in [0, 0.05) is 25.2 Å². The lowest BCUT2D eigenvalue weighted by Gasteiger charge is -2.33. The first-order chi connectivity index (χ1) is 13.0. The molecule has 2 aromatic carbocycles. The molecule has 144 valence electrons. The van der Waals surface area contributed by atoms with Gasteiger partial charge in [-0.05, 0) is 67.5 Å². The first-order valence-corrected chi connectivity index (χ1v) is 9.90. The van der Waals surface area contributed by atoms with Crippen LogP contribution in [0.1, 0.15) is 50.3 Å². The number of anilines is 1. The predicted molar refractivity (Wildman–Crippen MR) is 108 cm³/mol. The first kappa shape index (κ1) is 19.4. The lowest BCUT2D eigenvalue weighted by molar-refractivity contribution is -0.121. The minimum atomic E-state index is -0.251. The highest BCUT2D eigenvalue weighted by molar-refractivity contribution is 5.76. The molecule has 27 heavy (non-hydrogen) atoms. The van der Waals surface area contributed by atoms with Gasteiger partial charge in [-0.25, -0.2) is 4.39 Å². The van der Waals surface area contributed by atoms with Crippen LogP contribution in [0.15, 0.2) is 48.5 Å². The van der Waals surface area contributed by atoms with Crippen molar-refractivity contribution in [3.05, 3.63) is 65.5 Å². The summed E-state index contributed by atoms with van der Waals surface area (Å²) >= 11 is 0. The van der Waals surface area contributed by atoms with Crippen molar-refractivity contribution in [3.63, 3.8) is 0 Å². The fourth-order valence-corrected chi connectivity index (χ4v) is 3.70. The van der Waals surface area contributed by atoms with Gasteiger partial charge in [0.2, 0.25) is 5.91 Å². The van der Waals surface area contributed by atoms with Crippen molar-refractivity contribution < 1.29 is 9.18 Å². The lowest BCUT2D eigenvalue weighted by Crippen LogP contribution is -2.34. The zero-order valence-electron chi connectivity index (χ0n) is 16.2. The third kappa shape index (κ3) is 5.56. The summed E-state index contributed by atoms with van der Waals surface area (Å²) in [4.78, 5) is 14.7. The van der Waals surface area contributed by atoms with E-state index in [1.165, 1.54) is 30.7 Å². The van der Waals surface area contributed by atoms with E-state index in [0.717, 1.165) is 30.1 Å². The van der Waals surface area contributed by atoms with Crippen molar-refractivity contribution in [2.45, 2.75) is 45.6 Å². The van der Waals surface area contributed by atoms with Crippen LogP contribution in [0.3, 0.4) is 0 Å². The Labute approximate surface area is 161 Å². The zero-order chi connectivity index (χ0) is 19.2. The van der Waals surface area contributed by atoms with E-state index in [1.807, 2.05) is 6.92 Å². The van der Waals surface area contributed by atoms with Gasteiger partial charge in [0.15, 0.2) is 0 Å². The van der Waals surface area contributed by atoms with E-state index < -0.39 is 0 Å². The molecule has 1 aliphatic rings. The topological polar surface area (TPSA) is 32.3 Å². The quantitative estimate of drug-likeness (QED) is 0.789. The molecule has 1 saturated heterocycles. The van der Waals surface area contributed by atoms with E-state index in [-0.39, 0.29) is 17.8 Å². The Kier molecular flexibility index (Phi) is 6.49. The normalized spacial score (nSPS) is 18.2. The van der Waals surface area contributed by atoms with Crippen LogP contribution < -0.4 is 10.2 Å². The standard InChI is InChI=1S/C23H29FN2O/c1-17-4-3-15-26(16-17)22-12-8-20(9-13-22)18(2)25-23(27)14-7-19-5-10-21(24)11-6-19/h5-6,8-13,17-18H,3-4,7,14-16H2,1-2H3,(H,25,27)/t17-,18-/m1/s1. The monoisotopic (exact) mass is 368 g/mol. The summed E-state index contributed by atoms with van der Waals surface area (Å²) in [6.45, 7) is 6.56. The van der Waals surface area contributed by atoms with Gasteiger partial charge < -0.3 is 10.2 Å². The Bertz CT molecular complexity index is 742. The average Bonchev–Trinajstić information content (AvgIpc) is 2.67. The molecule has 1 N–H and O–H groups in total. The van der Waals surface area contributed by atoms with Crippen LogP contribution in [0.2, 0.25) is 0 Å². The second-order valence-electron chi connectivity index (χ2n) is 7.70. The number of amides is 1. The second kappa shape index (κ2) is 9.03. The summed E-state index contributed by atoms with van der Waals surface area (Å²) in [6.07, 6.45) is 3.59. The number of carbonyl (C=O) groups excluding carboxylic acids is 1. The number of carbonyl (C=O) groups is 1. The molecule has 2 atom stereocenters. The van der Waals surface area contributed by atoms with E-state index in [0.29, 0.717) is 12.8 Å². The van der Waals surface area contributed by atoms with Gasteiger partial charge in [-0.15, -0.1) is 0 Å². The number of piperidine rings is 1. The molecule has 1 amide bonds. The molecule has 0 bridgehead atoms. The minimum Gasteiger partial charge on any atom is -0.371 e. The number of nitrogens with one attached hydrogen (secondary N) is 1. The maximum absolute atomic E-state index is 12.9. The summed E-state index contributed by atoms with van der Waals surface area (Å²) in [5, 5.41) is 3.06. The fraction of sp³-hybridized carbons (Fsp3) is 0.435. The number of benzene rings is 2. The smallest absolute Gasteiger partial charge is 0.220 e. The second-order valence-corrected chi connectivity index (χ2v) is 7.70. The van der Waals surface area contributed by atoms with Gasteiger partial charge in [-0.2, -0.15) is 0 Å². The molecular weight excluding hydrogens is 339 g/mol. The van der Waals surface area contributed by atoms with Gasteiger partial charge in [0.25, 0.3) is 0 Å². The number of nitrogens with zero attached hydrogens (tertiary/aromatic N) is 1. The molecule has 0 aromatic heterocycles. The Morgan fingerprint density at radius 1 is 1.19 bits per heavy atom. The Morgan fingerprint density at radius 2 is 1.89 bits per heavy atom. The van der Waals surface area contributed by atoms with E-state index >= 15 is 0 Å².